The van der Waals surface area contributed by atoms with Gasteiger partial charge in [0.15, 0.2) is 0 Å². The Balaban J connectivity index is 1.70. The number of carboxylic acid groups (broad SMARTS) is 1. The Kier molecular flexibility index (Phi) is 3.58. The quantitative estimate of drug-likeness (QED) is 0.799. The Morgan fingerprint density at radius 1 is 1.35 bits per heavy atom. The molecule has 0 bridgehead atoms. The van der Waals surface area contributed by atoms with E-state index in [0.717, 1.165) is 29.4 Å². The molecule has 0 unspecified atom stereocenters. The smallest absolute Gasteiger partial charge is 0.335 e. The van der Waals surface area contributed by atoms with Gasteiger partial charge in [-0.15, -0.1) is 0 Å². The van der Waals surface area contributed by atoms with Crippen LogP contribution in [0.2, 0.25) is 0 Å². The molecule has 0 atom stereocenters. The number of hydrogen-bond donors (Lipinski definition) is 3. The number of nitrogens with one attached hydrogen (secondary N) is 2. The van der Waals surface area contributed by atoms with Gasteiger partial charge < -0.3 is 15.4 Å². The molecule has 3 rings (SSSR count). The summed E-state index contributed by atoms with van der Waals surface area (Å²) < 4.78 is 0. The number of aromatic amines is 1. The number of nitrogens with zero attached hydrogens (tertiary/aromatic N) is 1. The highest BCUT2D eigenvalue weighted by molar-refractivity contribution is 5.92. The van der Waals surface area contributed by atoms with Crippen molar-refractivity contribution in [3.8, 4) is 0 Å². The maximum absolute atomic E-state index is 10.9. The van der Waals surface area contributed by atoms with E-state index in [9.17, 15) is 4.79 Å². The second-order valence-corrected chi connectivity index (χ2v) is 5.51. The highest BCUT2D eigenvalue weighted by Gasteiger charge is 2.14. The molecule has 0 amide bonds. The first-order valence-corrected chi connectivity index (χ1v) is 7.19. The van der Waals surface area contributed by atoms with Crippen molar-refractivity contribution in [3.63, 3.8) is 0 Å². The van der Waals surface area contributed by atoms with Gasteiger partial charge in [-0.3, -0.25) is 0 Å². The Labute approximate surface area is 117 Å². The molecule has 2 aromatic rings. The van der Waals surface area contributed by atoms with Crippen molar-refractivity contribution < 1.29 is 9.90 Å². The lowest BCUT2D eigenvalue weighted by Gasteiger charge is -2.21. The molecule has 106 valence electrons. The molecule has 1 aliphatic rings. The third-order valence-electron chi connectivity index (χ3n) is 4.01. The number of aromatic carboxylic acids is 1. The summed E-state index contributed by atoms with van der Waals surface area (Å²) in [5.41, 5.74) is 1.83. The van der Waals surface area contributed by atoms with Gasteiger partial charge in [0.05, 0.1) is 16.6 Å². The van der Waals surface area contributed by atoms with Crippen molar-refractivity contribution >= 4 is 23.0 Å². The first-order chi connectivity index (χ1) is 9.72. The molecular weight excluding hydrogens is 254 g/mol. The van der Waals surface area contributed by atoms with E-state index in [1.807, 2.05) is 0 Å². The molecule has 1 fully saturated rings. The molecule has 0 spiro atoms. The number of fused-ring (bicyclic) bond motifs is 1. The van der Waals surface area contributed by atoms with Crippen LogP contribution in [0.5, 0.6) is 0 Å². The van der Waals surface area contributed by atoms with Crippen LogP contribution < -0.4 is 5.32 Å². The van der Waals surface area contributed by atoms with Crippen LogP contribution in [0.3, 0.4) is 0 Å². The fourth-order valence-corrected chi connectivity index (χ4v) is 2.86. The molecular formula is C15H19N3O2. The summed E-state index contributed by atoms with van der Waals surface area (Å²) in [6.07, 6.45) is 6.59. The second-order valence-electron chi connectivity index (χ2n) is 5.51. The molecule has 0 aliphatic heterocycles. The minimum atomic E-state index is -0.918. The van der Waals surface area contributed by atoms with E-state index >= 15 is 0 Å². The maximum Gasteiger partial charge on any atom is 0.335 e. The van der Waals surface area contributed by atoms with E-state index in [1.165, 1.54) is 32.1 Å². The summed E-state index contributed by atoms with van der Waals surface area (Å²) in [5.74, 6) is 0.540. The molecule has 20 heavy (non-hydrogen) atoms. The lowest BCUT2D eigenvalue weighted by Crippen LogP contribution is -2.17. The number of rotatable bonds is 4. The zero-order chi connectivity index (χ0) is 13.9. The SMILES string of the molecule is O=C(O)c1ccc2nc(NCC3CCCCC3)[nH]c2c1. The lowest BCUT2D eigenvalue weighted by molar-refractivity contribution is 0.0697. The Bertz CT molecular complexity index is 615. The van der Waals surface area contributed by atoms with E-state index in [1.54, 1.807) is 18.2 Å². The molecule has 5 nitrogen and oxygen atoms in total. The van der Waals surface area contributed by atoms with Crippen LogP contribution in [0.4, 0.5) is 5.95 Å². The molecule has 0 radical (unpaired) electrons. The van der Waals surface area contributed by atoms with Gasteiger partial charge in [-0.2, -0.15) is 0 Å². The van der Waals surface area contributed by atoms with Crippen LogP contribution in [0.25, 0.3) is 11.0 Å². The number of carboxylic acids is 1. The monoisotopic (exact) mass is 273 g/mol. The van der Waals surface area contributed by atoms with Crippen molar-refractivity contribution in [3.05, 3.63) is 23.8 Å². The largest absolute Gasteiger partial charge is 0.478 e. The van der Waals surface area contributed by atoms with Gasteiger partial charge >= 0.3 is 5.97 Å². The minimum absolute atomic E-state index is 0.278. The molecule has 1 heterocycles. The molecule has 1 aromatic carbocycles. The lowest BCUT2D eigenvalue weighted by atomic mass is 9.89. The topological polar surface area (TPSA) is 78.0 Å². The average molecular weight is 273 g/mol. The first kappa shape index (κ1) is 13.0. The molecule has 1 aliphatic carbocycles. The highest BCUT2D eigenvalue weighted by Crippen LogP contribution is 2.24. The molecule has 3 N–H and O–H groups in total. The van der Waals surface area contributed by atoms with E-state index in [4.69, 9.17) is 5.11 Å². The average Bonchev–Trinajstić information content (AvgIpc) is 2.88. The molecule has 5 heteroatoms. The van der Waals surface area contributed by atoms with E-state index < -0.39 is 5.97 Å². The van der Waals surface area contributed by atoms with Gasteiger partial charge in [0, 0.05) is 6.54 Å². The van der Waals surface area contributed by atoms with Gasteiger partial charge in [-0.25, -0.2) is 9.78 Å². The zero-order valence-electron chi connectivity index (χ0n) is 11.4. The van der Waals surface area contributed by atoms with Gasteiger partial charge in [-0.05, 0) is 37.0 Å². The van der Waals surface area contributed by atoms with Crippen LogP contribution in [-0.2, 0) is 0 Å². The maximum atomic E-state index is 10.9. The van der Waals surface area contributed by atoms with Gasteiger partial charge in [-0.1, -0.05) is 19.3 Å². The number of aromatic nitrogens is 2. The van der Waals surface area contributed by atoms with E-state index in [2.05, 4.69) is 15.3 Å². The summed E-state index contributed by atoms with van der Waals surface area (Å²) in [6.45, 7) is 0.936. The number of hydrogen-bond acceptors (Lipinski definition) is 3. The Morgan fingerprint density at radius 2 is 2.15 bits per heavy atom. The second kappa shape index (κ2) is 5.53. The number of carbonyl (C=O) groups is 1. The molecule has 1 saturated carbocycles. The van der Waals surface area contributed by atoms with Crippen LogP contribution in [0.1, 0.15) is 42.5 Å². The van der Waals surface area contributed by atoms with Crippen LogP contribution in [0, 0.1) is 5.92 Å². The zero-order valence-corrected chi connectivity index (χ0v) is 11.4. The number of imidazole rings is 1. The fourth-order valence-electron chi connectivity index (χ4n) is 2.86. The summed E-state index contributed by atoms with van der Waals surface area (Å²) >= 11 is 0. The predicted molar refractivity (Wildman–Crippen MR) is 78.1 cm³/mol. The van der Waals surface area contributed by atoms with Gasteiger partial charge in [0.2, 0.25) is 5.95 Å². The summed E-state index contributed by atoms with van der Waals surface area (Å²) in [4.78, 5) is 18.5. The van der Waals surface area contributed by atoms with Gasteiger partial charge in [0.25, 0.3) is 0 Å². The number of H-pyrrole nitrogens is 1. The molecule has 0 saturated heterocycles. The van der Waals surface area contributed by atoms with Crippen LogP contribution >= 0.6 is 0 Å². The van der Waals surface area contributed by atoms with Gasteiger partial charge in [0.1, 0.15) is 0 Å². The van der Waals surface area contributed by atoms with Crippen LogP contribution in [-0.4, -0.2) is 27.6 Å². The van der Waals surface area contributed by atoms with E-state index in [-0.39, 0.29) is 5.56 Å². The van der Waals surface area contributed by atoms with Crippen molar-refractivity contribution in [1.29, 1.82) is 0 Å². The van der Waals surface area contributed by atoms with Crippen molar-refractivity contribution in [2.24, 2.45) is 5.92 Å². The summed E-state index contributed by atoms with van der Waals surface area (Å²) in [7, 11) is 0. The normalized spacial score (nSPS) is 16.4. The summed E-state index contributed by atoms with van der Waals surface area (Å²) in [6, 6.07) is 4.94. The predicted octanol–water partition coefficient (Wildman–Crippen LogP) is 3.25. The number of anilines is 1. The Hall–Kier alpha value is -2.04. The third kappa shape index (κ3) is 2.76. The van der Waals surface area contributed by atoms with Crippen molar-refractivity contribution in [2.75, 3.05) is 11.9 Å². The van der Waals surface area contributed by atoms with E-state index in [0.29, 0.717) is 0 Å². The van der Waals surface area contributed by atoms with Crippen molar-refractivity contribution in [1.82, 2.24) is 9.97 Å². The summed E-state index contributed by atoms with van der Waals surface area (Å²) in [5, 5.41) is 12.3. The van der Waals surface area contributed by atoms with Crippen molar-refractivity contribution in [2.45, 2.75) is 32.1 Å². The Morgan fingerprint density at radius 3 is 2.90 bits per heavy atom. The fraction of sp³-hybridized carbons (Fsp3) is 0.467. The highest BCUT2D eigenvalue weighted by atomic mass is 16.4. The first-order valence-electron chi connectivity index (χ1n) is 7.19. The van der Waals surface area contributed by atoms with Crippen LogP contribution in [0.15, 0.2) is 18.2 Å². The number of benzene rings is 1. The third-order valence-corrected chi connectivity index (χ3v) is 4.01. The standard InChI is InChI=1S/C15H19N3O2/c19-14(20)11-6-7-12-13(8-11)18-15(17-12)16-9-10-4-2-1-3-5-10/h6-8,10H,1-5,9H2,(H,19,20)(H2,16,17,18). The minimum Gasteiger partial charge on any atom is -0.478 e. The molecule has 1 aromatic heterocycles.